The van der Waals surface area contributed by atoms with Gasteiger partial charge in [-0.3, -0.25) is 0 Å². The molecule has 0 rings (SSSR count). The zero-order valence-electron chi connectivity index (χ0n) is 6.27. The number of hydrogen-bond donors (Lipinski definition) is 3. The standard InChI is InChI=1S/C6H13N3S/c1-4(2)8-5(3)9-6(7)10/h5,8H,1H2,2-3H3,(H3,7,9,10). The molecule has 10 heavy (non-hydrogen) atoms. The van der Waals surface area contributed by atoms with Gasteiger partial charge in [0.1, 0.15) is 0 Å². The molecule has 1 atom stereocenters. The highest BCUT2D eigenvalue weighted by Gasteiger charge is 1.97. The van der Waals surface area contributed by atoms with Crippen LogP contribution in [0.2, 0.25) is 0 Å². The summed E-state index contributed by atoms with van der Waals surface area (Å²) in [6.07, 6.45) is 0.0509. The zero-order chi connectivity index (χ0) is 8.15. The minimum absolute atomic E-state index is 0.0509. The van der Waals surface area contributed by atoms with Gasteiger partial charge in [0.25, 0.3) is 0 Å². The maximum atomic E-state index is 5.22. The number of rotatable bonds is 3. The quantitative estimate of drug-likeness (QED) is 0.409. The smallest absolute Gasteiger partial charge is 0.165 e. The third kappa shape index (κ3) is 5.37. The highest BCUT2D eigenvalue weighted by Crippen LogP contribution is 1.81. The minimum atomic E-state index is 0.0509. The first kappa shape index (κ1) is 9.23. The molecule has 0 bridgehead atoms. The number of nitrogens with one attached hydrogen (secondary N) is 2. The molecule has 0 saturated heterocycles. The third-order valence-corrected chi connectivity index (χ3v) is 0.940. The predicted octanol–water partition coefficient (Wildman–Crippen LogP) is 0.289. The van der Waals surface area contributed by atoms with E-state index in [9.17, 15) is 0 Å². The summed E-state index contributed by atoms with van der Waals surface area (Å²) >= 11 is 4.62. The molecule has 0 aliphatic carbocycles. The number of nitrogens with two attached hydrogens (primary N) is 1. The molecule has 1 unspecified atom stereocenters. The molecule has 0 aromatic carbocycles. The lowest BCUT2D eigenvalue weighted by molar-refractivity contribution is 0.583. The van der Waals surface area contributed by atoms with E-state index in [2.05, 4.69) is 29.4 Å². The number of hydrogen-bond acceptors (Lipinski definition) is 2. The fourth-order valence-corrected chi connectivity index (χ4v) is 0.796. The molecule has 3 nitrogen and oxygen atoms in total. The van der Waals surface area contributed by atoms with E-state index in [1.165, 1.54) is 0 Å². The minimum Gasteiger partial charge on any atom is -0.376 e. The van der Waals surface area contributed by atoms with Crippen LogP contribution in [0.25, 0.3) is 0 Å². The average Bonchev–Trinajstić information content (AvgIpc) is 1.58. The Bertz CT molecular complexity index is 128. The molecule has 0 radical (unpaired) electrons. The summed E-state index contributed by atoms with van der Waals surface area (Å²) in [4.78, 5) is 0. The summed E-state index contributed by atoms with van der Waals surface area (Å²) in [5.74, 6) is 0. The fraction of sp³-hybridized carbons (Fsp3) is 0.500. The first-order valence-corrected chi connectivity index (χ1v) is 3.41. The lowest BCUT2D eigenvalue weighted by Crippen LogP contribution is -2.44. The third-order valence-electron chi connectivity index (χ3n) is 0.822. The van der Waals surface area contributed by atoms with E-state index in [1.54, 1.807) is 0 Å². The molecule has 0 amide bonds. The van der Waals surface area contributed by atoms with Gasteiger partial charge in [-0.15, -0.1) is 0 Å². The summed E-state index contributed by atoms with van der Waals surface area (Å²) in [5, 5.41) is 6.11. The topological polar surface area (TPSA) is 50.1 Å². The fourth-order valence-electron chi connectivity index (χ4n) is 0.619. The average molecular weight is 159 g/mol. The van der Waals surface area contributed by atoms with Crippen molar-refractivity contribution in [1.29, 1.82) is 0 Å². The van der Waals surface area contributed by atoms with E-state index in [4.69, 9.17) is 5.73 Å². The Balaban J connectivity index is 3.53. The first-order valence-electron chi connectivity index (χ1n) is 3.00. The van der Waals surface area contributed by atoms with E-state index in [-0.39, 0.29) is 6.17 Å². The predicted molar refractivity (Wildman–Crippen MR) is 47.3 cm³/mol. The monoisotopic (exact) mass is 159 g/mol. The molecular formula is C6H13N3S. The van der Waals surface area contributed by atoms with Crippen LogP contribution in [-0.4, -0.2) is 11.3 Å². The Morgan fingerprint density at radius 3 is 2.40 bits per heavy atom. The van der Waals surface area contributed by atoms with Gasteiger partial charge in [-0.1, -0.05) is 6.58 Å². The van der Waals surface area contributed by atoms with Gasteiger partial charge in [-0.05, 0) is 26.1 Å². The molecule has 0 heterocycles. The van der Waals surface area contributed by atoms with Gasteiger partial charge in [-0.2, -0.15) is 0 Å². The summed E-state index contributed by atoms with van der Waals surface area (Å²) in [5.41, 5.74) is 6.11. The summed E-state index contributed by atoms with van der Waals surface area (Å²) in [7, 11) is 0. The van der Waals surface area contributed by atoms with Crippen LogP contribution in [0, 0.1) is 0 Å². The molecule has 0 aliphatic rings. The first-order chi connectivity index (χ1) is 4.52. The van der Waals surface area contributed by atoms with E-state index < -0.39 is 0 Å². The van der Waals surface area contributed by atoms with Crippen LogP contribution in [0.4, 0.5) is 0 Å². The summed E-state index contributed by atoms with van der Waals surface area (Å²) < 4.78 is 0. The van der Waals surface area contributed by atoms with Gasteiger partial charge in [0.05, 0.1) is 6.17 Å². The van der Waals surface area contributed by atoms with Gasteiger partial charge in [-0.25, -0.2) is 0 Å². The maximum Gasteiger partial charge on any atom is 0.165 e. The van der Waals surface area contributed by atoms with Gasteiger partial charge in [0.2, 0.25) is 0 Å². The van der Waals surface area contributed by atoms with E-state index in [0.717, 1.165) is 5.70 Å². The van der Waals surface area contributed by atoms with Crippen LogP contribution >= 0.6 is 12.2 Å². The largest absolute Gasteiger partial charge is 0.376 e. The Kier molecular flexibility index (Phi) is 3.79. The molecule has 0 aliphatic heterocycles. The van der Waals surface area contributed by atoms with Crippen molar-refractivity contribution < 1.29 is 0 Å². The van der Waals surface area contributed by atoms with E-state index >= 15 is 0 Å². The highest BCUT2D eigenvalue weighted by atomic mass is 32.1. The highest BCUT2D eigenvalue weighted by molar-refractivity contribution is 7.80. The number of thiocarbonyl (C=S) groups is 1. The molecule has 4 heteroatoms. The lowest BCUT2D eigenvalue weighted by atomic mass is 10.5. The zero-order valence-corrected chi connectivity index (χ0v) is 7.09. The van der Waals surface area contributed by atoms with Crippen molar-refractivity contribution in [3.63, 3.8) is 0 Å². The molecule has 0 fully saturated rings. The van der Waals surface area contributed by atoms with Crippen LogP contribution < -0.4 is 16.4 Å². The molecule has 0 saturated carbocycles. The van der Waals surface area contributed by atoms with Crippen LogP contribution in [-0.2, 0) is 0 Å². The molecule has 0 aromatic heterocycles. The van der Waals surface area contributed by atoms with Crippen molar-refractivity contribution in [2.24, 2.45) is 5.73 Å². The molecule has 0 spiro atoms. The Morgan fingerprint density at radius 1 is 1.60 bits per heavy atom. The summed E-state index contributed by atoms with van der Waals surface area (Å²) in [6, 6.07) is 0. The van der Waals surface area contributed by atoms with Crippen molar-refractivity contribution in [2.45, 2.75) is 20.0 Å². The van der Waals surface area contributed by atoms with Gasteiger partial charge in [0.15, 0.2) is 5.11 Å². The van der Waals surface area contributed by atoms with Gasteiger partial charge < -0.3 is 16.4 Å². The maximum absolute atomic E-state index is 5.22. The van der Waals surface area contributed by atoms with Gasteiger partial charge >= 0.3 is 0 Å². The van der Waals surface area contributed by atoms with E-state index in [1.807, 2.05) is 13.8 Å². The van der Waals surface area contributed by atoms with Crippen LogP contribution in [0.1, 0.15) is 13.8 Å². The second kappa shape index (κ2) is 4.11. The second-order valence-corrected chi connectivity index (χ2v) is 2.59. The van der Waals surface area contributed by atoms with Crippen molar-refractivity contribution in [3.8, 4) is 0 Å². The van der Waals surface area contributed by atoms with Crippen LogP contribution in [0.3, 0.4) is 0 Å². The van der Waals surface area contributed by atoms with E-state index in [0.29, 0.717) is 5.11 Å². The van der Waals surface area contributed by atoms with Crippen molar-refractivity contribution in [3.05, 3.63) is 12.3 Å². The molecule has 4 N–H and O–H groups in total. The van der Waals surface area contributed by atoms with Crippen molar-refractivity contribution in [1.82, 2.24) is 10.6 Å². The lowest BCUT2D eigenvalue weighted by Gasteiger charge is -2.15. The second-order valence-electron chi connectivity index (χ2n) is 2.15. The SMILES string of the molecule is C=C(C)NC(C)NC(N)=S. The Morgan fingerprint density at radius 2 is 2.10 bits per heavy atom. The normalized spacial score (nSPS) is 11.8. The summed E-state index contributed by atoms with van der Waals surface area (Å²) in [6.45, 7) is 7.45. The molecule has 0 aromatic rings. The van der Waals surface area contributed by atoms with Crippen molar-refractivity contribution >= 4 is 17.3 Å². The van der Waals surface area contributed by atoms with Crippen molar-refractivity contribution in [2.75, 3.05) is 0 Å². The number of allylic oxidation sites excluding steroid dienone is 1. The van der Waals surface area contributed by atoms with Crippen LogP contribution in [0.15, 0.2) is 12.3 Å². The molecular weight excluding hydrogens is 146 g/mol. The van der Waals surface area contributed by atoms with Crippen LogP contribution in [0.5, 0.6) is 0 Å². The molecule has 58 valence electrons. The Labute approximate surface area is 66.7 Å². The van der Waals surface area contributed by atoms with Gasteiger partial charge in [0, 0.05) is 5.70 Å². The Hall–Kier alpha value is -0.770.